The molecule has 3 aromatic carbocycles. The van der Waals surface area contributed by atoms with Gasteiger partial charge in [0.1, 0.15) is 0 Å². The van der Waals surface area contributed by atoms with Gasteiger partial charge in [-0.3, -0.25) is 0 Å². The number of fused-ring (bicyclic) bond motifs is 4. The molecule has 0 bridgehead atoms. The van der Waals surface area contributed by atoms with Gasteiger partial charge in [-0.25, -0.2) is 0 Å². The number of benzene rings is 3. The van der Waals surface area contributed by atoms with E-state index in [1.807, 2.05) is 0 Å². The van der Waals surface area contributed by atoms with E-state index >= 15 is 0 Å². The van der Waals surface area contributed by atoms with Crippen molar-refractivity contribution in [1.82, 2.24) is 0 Å². The molecule has 0 aliphatic heterocycles. The molecule has 2 aliphatic rings. The first-order valence-corrected chi connectivity index (χ1v) is 21.9. The molecular formula is C28H29Cl2PZr. The van der Waals surface area contributed by atoms with Crippen LogP contribution in [-0.4, -0.2) is 11.3 Å². The maximum absolute atomic E-state index is 7.72. The monoisotopic (exact) mass is 556 g/mol. The van der Waals surface area contributed by atoms with Crippen molar-refractivity contribution in [3.05, 3.63) is 94.3 Å². The topological polar surface area (TPSA) is 0 Å². The van der Waals surface area contributed by atoms with Crippen LogP contribution in [0.3, 0.4) is 0 Å². The third-order valence-corrected chi connectivity index (χ3v) is 21.9. The minimum absolute atomic E-state index is 0.176. The van der Waals surface area contributed by atoms with Gasteiger partial charge in [-0.05, 0) is 0 Å². The first kappa shape index (κ1) is 23.1. The summed E-state index contributed by atoms with van der Waals surface area (Å²) < 4.78 is 1.45. The van der Waals surface area contributed by atoms with Gasteiger partial charge in [-0.2, -0.15) is 0 Å². The average molecular weight is 559 g/mol. The van der Waals surface area contributed by atoms with E-state index in [4.69, 9.17) is 17.0 Å². The van der Waals surface area contributed by atoms with Gasteiger partial charge in [0.15, 0.2) is 0 Å². The van der Waals surface area contributed by atoms with Crippen molar-refractivity contribution in [2.24, 2.45) is 0 Å². The summed E-state index contributed by atoms with van der Waals surface area (Å²) in [6, 6.07) is 24.2. The fourth-order valence-electron chi connectivity index (χ4n) is 5.73. The Morgan fingerprint density at radius 1 is 0.812 bits per heavy atom. The van der Waals surface area contributed by atoms with E-state index < -0.39 is 17.9 Å². The summed E-state index contributed by atoms with van der Waals surface area (Å²) in [4.78, 5) is 0. The predicted octanol–water partition coefficient (Wildman–Crippen LogP) is 8.74. The number of hydrogen-bond acceptors (Lipinski definition) is 0. The molecule has 2 aliphatic carbocycles. The minimum atomic E-state index is -3.89. The van der Waals surface area contributed by atoms with Crippen molar-refractivity contribution in [2.75, 3.05) is 0 Å². The summed E-state index contributed by atoms with van der Waals surface area (Å²) in [6.07, 6.45) is 3.39. The van der Waals surface area contributed by atoms with Gasteiger partial charge in [-0.1, -0.05) is 0 Å². The van der Waals surface area contributed by atoms with Gasteiger partial charge in [0.05, 0.1) is 0 Å². The van der Waals surface area contributed by atoms with Crippen LogP contribution in [-0.2, 0) is 24.3 Å². The van der Waals surface area contributed by atoms with E-state index in [9.17, 15) is 0 Å². The van der Waals surface area contributed by atoms with Crippen LogP contribution in [0.2, 0.25) is 0 Å². The van der Waals surface area contributed by atoms with Gasteiger partial charge in [-0.15, -0.1) is 0 Å². The molecule has 4 heteroatoms. The van der Waals surface area contributed by atoms with Crippen LogP contribution in [0.15, 0.2) is 72.0 Å². The molecule has 0 amide bonds. The molecule has 0 nitrogen and oxygen atoms in total. The van der Waals surface area contributed by atoms with Crippen molar-refractivity contribution in [3.8, 4) is 11.1 Å². The molecule has 0 saturated heterocycles. The Balaban J connectivity index is 1.67. The third kappa shape index (κ3) is 3.73. The van der Waals surface area contributed by atoms with Gasteiger partial charge in [0.25, 0.3) is 0 Å². The molecule has 1 unspecified atom stereocenters. The summed E-state index contributed by atoms with van der Waals surface area (Å²) in [5, 5.41) is 1.53. The Morgan fingerprint density at radius 3 is 2.22 bits per heavy atom. The molecule has 164 valence electrons. The normalized spacial score (nSPS) is 17.0. The Hall–Kier alpha value is -0.707. The number of rotatable bonds is 5. The van der Waals surface area contributed by atoms with E-state index in [-0.39, 0.29) is 11.5 Å². The van der Waals surface area contributed by atoms with E-state index in [1.54, 1.807) is 0 Å². The maximum atomic E-state index is 7.72. The summed E-state index contributed by atoms with van der Waals surface area (Å²) in [6.45, 7) is 9.46. The zero-order valence-electron chi connectivity index (χ0n) is 19.1. The van der Waals surface area contributed by atoms with E-state index in [1.165, 1.54) is 42.0 Å². The molecule has 1 atom stereocenters. The standard InChI is InChI=1S/C15H20P.C13H9.2ClH.Zr/c1-11(2)16(12(3)4)15-9-13-7-5-6-8-14(13)10-15;1-3-7-12-10(5-1)9-11-6-2-4-8-13(11)12;;;/h5-12H,1-4H3;1-5,7-8H,9H2;2*1H;/q;;;;+2/p-2. The van der Waals surface area contributed by atoms with E-state index in [0.29, 0.717) is 11.3 Å². The SMILES string of the molecule is CC(C)P(C1=Cc2ccccc2[CH]1[Zr]([Cl])([Cl])[c]1cccc2c1Cc1ccccc1-2)C(C)C. The second-order valence-corrected chi connectivity index (χ2v) is 26.9. The van der Waals surface area contributed by atoms with Crippen molar-refractivity contribution in [2.45, 2.75) is 49.1 Å². The second-order valence-electron chi connectivity index (χ2n) is 9.51. The number of halogens is 2. The Labute approximate surface area is 205 Å². The molecular weight excluding hydrogens is 529 g/mol. The van der Waals surface area contributed by atoms with Crippen LogP contribution in [0.5, 0.6) is 0 Å². The Morgan fingerprint density at radius 2 is 1.47 bits per heavy atom. The average Bonchev–Trinajstić information content (AvgIpc) is 3.31. The first-order valence-electron chi connectivity index (χ1n) is 11.5. The van der Waals surface area contributed by atoms with Crippen LogP contribution in [0.4, 0.5) is 0 Å². The predicted molar refractivity (Wildman–Crippen MR) is 140 cm³/mol. The van der Waals surface area contributed by atoms with Crippen LogP contribution in [0.1, 0.15) is 53.6 Å². The molecule has 5 rings (SSSR count). The molecule has 0 N–H and O–H groups in total. The van der Waals surface area contributed by atoms with Gasteiger partial charge in [0.2, 0.25) is 0 Å². The van der Waals surface area contributed by atoms with Crippen LogP contribution < -0.4 is 3.27 Å². The van der Waals surface area contributed by atoms with Crippen LogP contribution >= 0.6 is 24.9 Å². The Bertz CT molecular complexity index is 1200. The Kier molecular flexibility index (Phi) is 6.35. The number of allylic oxidation sites excluding steroid dienone is 1. The van der Waals surface area contributed by atoms with Crippen molar-refractivity contribution in [1.29, 1.82) is 0 Å². The van der Waals surface area contributed by atoms with Crippen LogP contribution in [0.25, 0.3) is 17.2 Å². The summed E-state index contributed by atoms with van der Waals surface area (Å²) in [7, 11) is 15.1. The third-order valence-electron chi connectivity index (χ3n) is 6.89. The van der Waals surface area contributed by atoms with Gasteiger partial charge in [0, 0.05) is 0 Å². The number of hydrogen-bond donors (Lipinski definition) is 0. The molecule has 0 aromatic heterocycles. The van der Waals surface area contributed by atoms with Crippen molar-refractivity contribution < 1.29 is 17.9 Å². The summed E-state index contributed by atoms with van der Waals surface area (Å²) >= 11 is -3.89. The van der Waals surface area contributed by atoms with E-state index in [2.05, 4.69) is 101 Å². The fraction of sp³-hybridized carbons (Fsp3) is 0.286. The molecule has 0 heterocycles. The van der Waals surface area contributed by atoms with Crippen molar-refractivity contribution >= 4 is 34.3 Å². The molecule has 32 heavy (non-hydrogen) atoms. The summed E-state index contributed by atoms with van der Waals surface area (Å²) in [5.41, 5.74) is 9.31. The van der Waals surface area contributed by atoms with Gasteiger partial charge >= 0.3 is 207 Å². The second kappa shape index (κ2) is 8.82. The first-order chi connectivity index (χ1) is 15.3. The fourth-order valence-corrected chi connectivity index (χ4v) is 22.7. The summed E-state index contributed by atoms with van der Waals surface area (Å²) in [5.74, 6) is 0. The molecule has 3 aromatic rings. The van der Waals surface area contributed by atoms with Gasteiger partial charge < -0.3 is 0 Å². The van der Waals surface area contributed by atoms with Crippen LogP contribution in [0, 0.1) is 0 Å². The molecule has 0 spiro atoms. The molecule has 0 radical (unpaired) electrons. The zero-order valence-corrected chi connectivity index (χ0v) is 23.9. The molecule has 0 saturated carbocycles. The van der Waals surface area contributed by atoms with Crippen molar-refractivity contribution in [3.63, 3.8) is 0 Å². The quantitative estimate of drug-likeness (QED) is 0.215. The molecule has 0 fully saturated rings. The van der Waals surface area contributed by atoms with E-state index in [0.717, 1.165) is 6.42 Å². The zero-order chi connectivity index (χ0) is 22.6.